The van der Waals surface area contributed by atoms with Gasteiger partial charge in [-0.3, -0.25) is 9.89 Å². The van der Waals surface area contributed by atoms with E-state index in [4.69, 9.17) is 0 Å². The van der Waals surface area contributed by atoms with Crippen LogP contribution in [0.2, 0.25) is 0 Å². The number of halogens is 1. The topological polar surface area (TPSA) is 90.9 Å². The second-order valence-electron chi connectivity index (χ2n) is 6.35. The van der Waals surface area contributed by atoms with Crippen LogP contribution in [0.5, 0.6) is 5.75 Å². The number of nitrogens with zero attached hydrogens (tertiary/aromatic N) is 2. The molecule has 0 saturated heterocycles. The molecular weight excluding hydrogens is 404 g/mol. The number of carbonyl (C=O) groups excluding carboxylic acids is 1. The highest BCUT2D eigenvalue weighted by molar-refractivity contribution is 9.10. The molecule has 1 amide bonds. The zero-order valence-electron chi connectivity index (χ0n) is 14.0. The quantitative estimate of drug-likeness (QED) is 0.636. The molecule has 0 aliphatic heterocycles. The molecule has 2 atom stereocenters. The Morgan fingerprint density at radius 1 is 1.44 bits per heavy atom. The standard InChI is InChI=1S/C17H21BrN4O2S/c1-10-4-2-3-5-13(10)19-15(24)9-25-17-20-16(21-22-17)12-8-11(18)6-7-14(12)23/h6-8,10,13,23H,2-5,9H2,1H3,(H,19,24)(H,20,21,22)/t10-,13+/m1/s1. The van der Waals surface area contributed by atoms with E-state index in [0.29, 0.717) is 22.5 Å². The van der Waals surface area contributed by atoms with Crippen LogP contribution in [0.1, 0.15) is 32.6 Å². The summed E-state index contributed by atoms with van der Waals surface area (Å²) in [6.45, 7) is 2.20. The number of aromatic nitrogens is 3. The van der Waals surface area contributed by atoms with Crippen molar-refractivity contribution in [2.24, 2.45) is 5.92 Å². The van der Waals surface area contributed by atoms with Crippen LogP contribution in [0.25, 0.3) is 11.4 Å². The van der Waals surface area contributed by atoms with E-state index >= 15 is 0 Å². The molecule has 1 aliphatic rings. The molecule has 134 valence electrons. The lowest BCUT2D eigenvalue weighted by molar-refractivity contribution is -0.119. The van der Waals surface area contributed by atoms with Crippen LogP contribution in [0.4, 0.5) is 0 Å². The van der Waals surface area contributed by atoms with Crippen molar-refractivity contribution in [2.45, 2.75) is 43.8 Å². The molecular formula is C17H21BrN4O2S. The van der Waals surface area contributed by atoms with Crippen molar-refractivity contribution in [1.29, 1.82) is 0 Å². The second kappa shape index (κ2) is 8.23. The van der Waals surface area contributed by atoms with Gasteiger partial charge in [-0.25, -0.2) is 4.98 Å². The van der Waals surface area contributed by atoms with Gasteiger partial charge in [-0.1, -0.05) is 47.5 Å². The normalized spacial score (nSPS) is 20.4. The molecule has 1 heterocycles. The summed E-state index contributed by atoms with van der Waals surface area (Å²) in [4.78, 5) is 16.5. The Labute approximate surface area is 159 Å². The molecule has 8 heteroatoms. The minimum absolute atomic E-state index is 0.0143. The first-order chi connectivity index (χ1) is 12.0. The molecule has 6 nitrogen and oxygen atoms in total. The summed E-state index contributed by atoms with van der Waals surface area (Å²) in [5, 5.41) is 20.5. The summed E-state index contributed by atoms with van der Waals surface area (Å²) >= 11 is 4.66. The second-order valence-corrected chi connectivity index (χ2v) is 8.21. The van der Waals surface area contributed by atoms with Gasteiger partial charge in [-0.2, -0.15) is 0 Å². The summed E-state index contributed by atoms with van der Waals surface area (Å²) in [6.07, 6.45) is 4.68. The largest absolute Gasteiger partial charge is 0.507 e. The van der Waals surface area contributed by atoms with Crippen molar-refractivity contribution in [2.75, 3.05) is 5.75 Å². The van der Waals surface area contributed by atoms with Crippen LogP contribution in [-0.2, 0) is 4.79 Å². The van der Waals surface area contributed by atoms with Crippen molar-refractivity contribution in [3.63, 3.8) is 0 Å². The van der Waals surface area contributed by atoms with Gasteiger partial charge in [0.2, 0.25) is 11.1 Å². The first-order valence-electron chi connectivity index (χ1n) is 8.36. The van der Waals surface area contributed by atoms with E-state index in [0.717, 1.165) is 10.9 Å². The maximum Gasteiger partial charge on any atom is 0.230 e. The number of aromatic hydroxyl groups is 1. The first-order valence-corrected chi connectivity index (χ1v) is 10.1. The fourth-order valence-electron chi connectivity index (χ4n) is 3.04. The third-order valence-corrected chi connectivity index (χ3v) is 5.81. The van der Waals surface area contributed by atoms with Crippen molar-refractivity contribution in [1.82, 2.24) is 20.5 Å². The molecule has 25 heavy (non-hydrogen) atoms. The third-order valence-electron chi connectivity index (χ3n) is 4.47. The number of aromatic amines is 1. The molecule has 1 aliphatic carbocycles. The molecule has 1 fully saturated rings. The van der Waals surface area contributed by atoms with Gasteiger partial charge in [0, 0.05) is 10.5 Å². The Morgan fingerprint density at radius 2 is 2.24 bits per heavy atom. The molecule has 0 radical (unpaired) electrons. The number of carbonyl (C=O) groups is 1. The Bertz CT molecular complexity index is 752. The lowest BCUT2D eigenvalue weighted by atomic mass is 9.86. The zero-order valence-corrected chi connectivity index (χ0v) is 16.4. The number of thioether (sulfide) groups is 1. The highest BCUT2D eigenvalue weighted by atomic mass is 79.9. The van der Waals surface area contributed by atoms with Gasteiger partial charge in [-0.15, -0.1) is 5.10 Å². The maximum absolute atomic E-state index is 12.2. The first kappa shape index (κ1) is 18.3. The Kier molecular flexibility index (Phi) is 6.01. The number of nitrogens with one attached hydrogen (secondary N) is 2. The molecule has 0 bridgehead atoms. The minimum atomic E-state index is 0.0143. The van der Waals surface area contributed by atoms with Gasteiger partial charge in [-0.05, 0) is 37.0 Å². The zero-order chi connectivity index (χ0) is 17.8. The van der Waals surface area contributed by atoms with Crippen LogP contribution < -0.4 is 5.32 Å². The summed E-state index contributed by atoms with van der Waals surface area (Å²) in [6, 6.07) is 5.39. The van der Waals surface area contributed by atoms with Crippen LogP contribution in [0, 0.1) is 5.92 Å². The van der Waals surface area contributed by atoms with Crippen molar-refractivity contribution >= 4 is 33.6 Å². The highest BCUT2D eigenvalue weighted by Gasteiger charge is 2.23. The summed E-state index contributed by atoms with van der Waals surface area (Å²) in [5.74, 6) is 1.44. The number of phenols is 1. The van der Waals surface area contributed by atoms with Crippen LogP contribution >= 0.6 is 27.7 Å². The fraction of sp³-hybridized carbons (Fsp3) is 0.471. The molecule has 2 aromatic rings. The van der Waals surface area contributed by atoms with Gasteiger partial charge in [0.15, 0.2) is 5.82 Å². The number of benzene rings is 1. The molecule has 1 aromatic heterocycles. The van der Waals surface area contributed by atoms with Crippen LogP contribution in [0.3, 0.4) is 0 Å². The SMILES string of the molecule is C[C@@H]1CCCC[C@@H]1NC(=O)CSc1n[nH]c(-c2cc(Br)ccc2O)n1. The van der Waals surface area contributed by atoms with Crippen LogP contribution in [-0.4, -0.2) is 38.0 Å². The smallest absolute Gasteiger partial charge is 0.230 e. The molecule has 3 rings (SSSR count). The predicted molar refractivity (Wildman–Crippen MR) is 101 cm³/mol. The van der Waals surface area contributed by atoms with Crippen molar-refractivity contribution in [3.05, 3.63) is 22.7 Å². The number of phenolic OH excluding ortho intramolecular Hbond substituents is 1. The Balaban J connectivity index is 1.56. The molecule has 1 saturated carbocycles. The van der Waals surface area contributed by atoms with E-state index < -0.39 is 0 Å². The minimum Gasteiger partial charge on any atom is -0.507 e. The van der Waals surface area contributed by atoms with Gasteiger partial charge in [0.05, 0.1) is 11.3 Å². The Morgan fingerprint density at radius 3 is 3.04 bits per heavy atom. The highest BCUT2D eigenvalue weighted by Crippen LogP contribution is 2.30. The van der Waals surface area contributed by atoms with Crippen molar-refractivity contribution < 1.29 is 9.90 Å². The van der Waals surface area contributed by atoms with E-state index in [1.807, 2.05) is 0 Å². The predicted octanol–water partition coefficient (Wildman–Crippen LogP) is 3.73. The van der Waals surface area contributed by atoms with E-state index in [1.165, 1.54) is 31.0 Å². The lowest BCUT2D eigenvalue weighted by Gasteiger charge is -2.29. The average Bonchev–Trinajstić information content (AvgIpc) is 3.06. The van der Waals surface area contributed by atoms with Crippen molar-refractivity contribution in [3.8, 4) is 17.1 Å². The molecule has 1 aromatic carbocycles. The maximum atomic E-state index is 12.2. The number of hydrogen-bond acceptors (Lipinski definition) is 5. The third kappa shape index (κ3) is 4.76. The van der Waals surface area contributed by atoms with Gasteiger partial charge >= 0.3 is 0 Å². The Hall–Kier alpha value is -1.54. The number of hydrogen-bond donors (Lipinski definition) is 3. The average molecular weight is 425 g/mol. The molecule has 0 unspecified atom stereocenters. The summed E-state index contributed by atoms with van der Waals surface area (Å²) < 4.78 is 0.840. The van der Waals surface area contributed by atoms with Gasteiger partial charge < -0.3 is 10.4 Å². The number of H-pyrrole nitrogens is 1. The van der Waals surface area contributed by atoms with E-state index in [-0.39, 0.29) is 23.5 Å². The number of amides is 1. The fourth-order valence-corrected chi connectivity index (χ4v) is 4.01. The summed E-state index contributed by atoms with van der Waals surface area (Å²) in [7, 11) is 0. The monoisotopic (exact) mass is 424 g/mol. The van der Waals surface area contributed by atoms with Crippen LogP contribution in [0.15, 0.2) is 27.8 Å². The lowest BCUT2D eigenvalue weighted by Crippen LogP contribution is -2.41. The molecule has 0 spiro atoms. The van der Waals surface area contributed by atoms with E-state index in [2.05, 4.69) is 43.4 Å². The van der Waals surface area contributed by atoms with E-state index in [9.17, 15) is 9.90 Å². The van der Waals surface area contributed by atoms with Gasteiger partial charge in [0.1, 0.15) is 5.75 Å². The molecule has 3 N–H and O–H groups in total. The van der Waals surface area contributed by atoms with Gasteiger partial charge in [0.25, 0.3) is 0 Å². The summed E-state index contributed by atoms with van der Waals surface area (Å²) in [5.41, 5.74) is 0.564. The number of rotatable bonds is 5. The van der Waals surface area contributed by atoms with E-state index in [1.54, 1.807) is 18.2 Å².